The molecule has 5 heteroatoms. The van der Waals surface area contributed by atoms with Crippen LogP contribution in [0.1, 0.15) is 33.1 Å². The average Bonchev–Trinajstić information content (AvgIpc) is 2.62. The summed E-state index contributed by atoms with van der Waals surface area (Å²) in [5, 5.41) is 8.75. The standard InChI is InChI=1S/C11H20N2O3/c1-7(2)10(12)11(16)13-5-3-4-8(13)6-9(14)15/h7-8,10H,3-6,12H2,1-2H3,(H,14,15). The molecule has 5 nitrogen and oxygen atoms in total. The minimum Gasteiger partial charge on any atom is -0.481 e. The van der Waals surface area contributed by atoms with Crippen LogP contribution in [0, 0.1) is 5.92 Å². The van der Waals surface area contributed by atoms with Crippen molar-refractivity contribution < 1.29 is 14.7 Å². The van der Waals surface area contributed by atoms with E-state index in [1.807, 2.05) is 13.8 Å². The molecule has 0 aromatic rings. The Morgan fingerprint density at radius 1 is 1.50 bits per heavy atom. The Labute approximate surface area is 95.6 Å². The molecule has 0 bridgehead atoms. The molecule has 1 fully saturated rings. The Balaban J connectivity index is 2.64. The fourth-order valence-electron chi connectivity index (χ4n) is 2.02. The second-order valence-electron chi connectivity index (χ2n) is 4.70. The van der Waals surface area contributed by atoms with E-state index < -0.39 is 12.0 Å². The summed E-state index contributed by atoms with van der Waals surface area (Å²) in [7, 11) is 0. The van der Waals surface area contributed by atoms with Crippen LogP contribution in [-0.4, -0.2) is 40.5 Å². The van der Waals surface area contributed by atoms with Gasteiger partial charge in [-0.05, 0) is 18.8 Å². The first-order valence-corrected chi connectivity index (χ1v) is 5.71. The van der Waals surface area contributed by atoms with E-state index >= 15 is 0 Å². The zero-order chi connectivity index (χ0) is 12.3. The van der Waals surface area contributed by atoms with Gasteiger partial charge in [-0.3, -0.25) is 9.59 Å². The number of nitrogens with zero attached hydrogens (tertiary/aromatic N) is 1. The van der Waals surface area contributed by atoms with Gasteiger partial charge in [0.05, 0.1) is 12.5 Å². The fourth-order valence-corrected chi connectivity index (χ4v) is 2.02. The lowest BCUT2D eigenvalue weighted by Crippen LogP contribution is -2.48. The molecular weight excluding hydrogens is 208 g/mol. The average molecular weight is 228 g/mol. The highest BCUT2D eigenvalue weighted by atomic mass is 16.4. The van der Waals surface area contributed by atoms with E-state index in [1.165, 1.54) is 0 Å². The van der Waals surface area contributed by atoms with E-state index in [4.69, 9.17) is 10.8 Å². The van der Waals surface area contributed by atoms with Gasteiger partial charge in [-0.1, -0.05) is 13.8 Å². The first kappa shape index (κ1) is 13.0. The number of nitrogens with two attached hydrogens (primary N) is 1. The summed E-state index contributed by atoms with van der Waals surface area (Å²) in [6, 6.07) is -0.691. The molecule has 1 amide bonds. The van der Waals surface area contributed by atoms with Crippen LogP contribution < -0.4 is 5.73 Å². The van der Waals surface area contributed by atoms with Crippen molar-refractivity contribution in [3.05, 3.63) is 0 Å². The summed E-state index contributed by atoms with van der Waals surface area (Å²) in [6.07, 6.45) is 1.66. The quantitative estimate of drug-likeness (QED) is 0.731. The maximum atomic E-state index is 12.0. The van der Waals surface area contributed by atoms with Crippen molar-refractivity contribution in [3.63, 3.8) is 0 Å². The lowest BCUT2D eigenvalue weighted by atomic mass is 10.0. The Morgan fingerprint density at radius 3 is 2.62 bits per heavy atom. The molecule has 1 aliphatic rings. The van der Waals surface area contributed by atoms with Crippen molar-refractivity contribution in [1.82, 2.24) is 4.90 Å². The van der Waals surface area contributed by atoms with Crippen LogP contribution in [0.4, 0.5) is 0 Å². The van der Waals surface area contributed by atoms with Crippen LogP contribution in [0.3, 0.4) is 0 Å². The molecule has 92 valence electrons. The van der Waals surface area contributed by atoms with E-state index in [1.54, 1.807) is 4.90 Å². The van der Waals surface area contributed by atoms with E-state index in [0.717, 1.165) is 12.8 Å². The monoisotopic (exact) mass is 228 g/mol. The van der Waals surface area contributed by atoms with Gasteiger partial charge in [0.15, 0.2) is 0 Å². The SMILES string of the molecule is CC(C)C(N)C(=O)N1CCCC1CC(=O)O. The molecule has 3 N–H and O–H groups in total. The third kappa shape index (κ3) is 2.95. The van der Waals surface area contributed by atoms with Crippen molar-refractivity contribution >= 4 is 11.9 Å². The smallest absolute Gasteiger partial charge is 0.305 e. The van der Waals surface area contributed by atoms with Gasteiger partial charge in [0, 0.05) is 12.6 Å². The van der Waals surface area contributed by atoms with E-state index in [0.29, 0.717) is 6.54 Å². The maximum Gasteiger partial charge on any atom is 0.305 e. The molecule has 1 aliphatic heterocycles. The summed E-state index contributed by atoms with van der Waals surface area (Å²) < 4.78 is 0. The molecular formula is C11H20N2O3. The van der Waals surface area contributed by atoms with Gasteiger partial charge in [0.1, 0.15) is 0 Å². The van der Waals surface area contributed by atoms with Crippen LogP contribution in [0.25, 0.3) is 0 Å². The van der Waals surface area contributed by atoms with Crippen molar-refractivity contribution in [2.45, 2.75) is 45.2 Å². The molecule has 0 aliphatic carbocycles. The Hall–Kier alpha value is -1.10. The number of carbonyl (C=O) groups is 2. The summed E-state index contributed by atoms with van der Waals surface area (Å²) in [5.74, 6) is -0.889. The Morgan fingerprint density at radius 2 is 2.12 bits per heavy atom. The summed E-state index contributed by atoms with van der Waals surface area (Å²) in [6.45, 7) is 4.42. The molecule has 0 radical (unpaired) electrons. The summed E-state index contributed by atoms with van der Waals surface area (Å²) in [5.41, 5.74) is 5.79. The number of carboxylic acids is 1. The van der Waals surface area contributed by atoms with Crippen LogP contribution in [0.2, 0.25) is 0 Å². The van der Waals surface area contributed by atoms with Crippen LogP contribution in [0.15, 0.2) is 0 Å². The van der Waals surface area contributed by atoms with Gasteiger partial charge in [0.25, 0.3) is 0 Å². The predicted molar refractivity (Wildman–Crippen MR) is 59.8 cm³/mol. The fraction of sp³-hybridized carbons (Fsp3) is 0.818. The number of hydrogen-bond acceptors (Lipinski definition) is 3. The van der Waals surface area contributed by atoms with Gasteiger partial charge < -0.3 is 15.7 Å². The van der Waals surface area contributed by atoms with Gasteiger partial charge in [-0.15, -0.1) is 0 Å². The minimum absolute atomic E-state index is 0.0244. The van der Waals surface area contributed by atoms with Crippen molar-refractivity contribution in [2.75, 3.05) is 6.54 Å². The lowest BCUT2D eigenvalue weighted by molar-refractivity contribution is -0.140. The molecule has 1 rings (SSSR count). The predicted octanol–water partition coefficient (Wildman–Crippen LogP) is 0.435. The van der Waals surface area contributed by atoms with E-state index in [-0.39, 0.29) is 24.3 Å². The molecule has 0 spiro atoms. The van der Waals surface area contributed by atoms with Crippen molar-refractivity contribution in [3.8, 4) is 0 Å². The number of likely N-dealkylation sites (tertiary alicyclic amines) is 1. The second kappa shape index (κ2) is 5.30. The molecule has 2 unspecified atom stereocenters. The van der Waals surface area contributed by atoms with Crippen molar-refractivity contribution in [1.29, 1.82) is 0 Å². The molecule has 0 saturated carbocycles. The normalized spacial score (nSPS) is 22.5. The number of hydrogen-bond donors (Lipinski definition) is 2. The first-order valence-electron chi connectivity index (χ1n) is 5.71. The van der Waals surface area contributed by atoms with Gasteiger partial charge in [-0.2, -0.15) is 0 Å². The summed E-state index contributed by atoms with van der Waals surface area (Å²) >= 11 is 0. The van der Waals surface area contributed by atoms with Crippen LogP contribution >= 0.6 is 0 Å². The van der Waals surface area contributed by atoms with E-state index in [2.05, 4.69) is 0 Å². The number of rotatable bonds is 4. The highest BCUT2D eigenvalue weighted by Crippen LogP contribution is 2.21. The Bertz CT molecular complexity index is 278. The zero-order valence-electron chi connectivity index (χ0n) is 9.85. The number of amides is 1. The third-order valence-electron chi connectivity index (χ3n) is 3.07. The van der Waals surface area contributed by atoms with Gasteiger partial charge in [-0.25, -0.2) is 0 Å². The molecule has 16 heavy (non-hydrogen) atoms. The summed E-state index contributed by atoms with van der Waals surface area (Å²) in [4.78, 5) is 24.3. The van der Waals surface area contributed by atoms with Crippen molar-refractivity contribution in [2.24, 2.45) is 11.7 Å². The highest BCUT2D eigenvalue weighted by molar-refractivity contribution is 5.83. The highest BCUT2D eigenvalue weighted by Gasteiger charge is 2.33. The topological polar surface area (TPSA) is 83.6 Å². The largest absolute Gasteiger partial charge is 0.481 e. The third-order valence-corrected chi connectivity index (χ3v) is 3.07. The molecule has 0 aromatic carbocycles. The van der Waals surface area contributed by atoms with Crippen LogP contribution in [-0.2, 0) is 9.59 Å². The molecule has 2 atom stereocenters. The first-order chi connectivity index (χ1) is 7.43. The van der Waals surface area contributed by atoms with Gasteiger partial charge >= 0.3 is 5.97 Å². The van der Waals surface area contributed by atoms with Gasteiger partial charge in [0.2, 0.25) is 5.91 Å². The van der Waals surface area contributed by atoms with E-state index in [9.17, 15) is 9.59 Å². The zero-order valence-corrected chi connectivity index (χ0v) is 9.85. The Kier molecular flexibility index (Phi) is 4.29. The molecule has 1 saturated heterocycles. The minimum atomic E-state index is -0.859. The number of carboxylic acid groups (broad SMARTS) is 1. The molecule has 1 heterocycles. The lowest BCUT2D eigenvalue weighted by Gasteiger charge is -2.27. The number of aliphatic carboxylic acids is 1. The number of carbonyl (C=O) groups excluding carboxylic acids is 1. The van der Waals surface area contributed by atoms with Crippen LogP contribution in [0.5, 0.6) is 0 Å². The molecule has 0 aromatic heterocycles. The second-order valence-corrected chi connectivity index (χ2v) is 4.70. The maximum absolute atomic E-state index is 12.0.